The first kappa shape index (κ1) is 31.4. The maximum atomic E-state index is 13.5. The third-order valence-corrected chi connectivity index (χ3v) is 6.85. The first-order valence-corrected chi connectivity index (χ1v) is 13.0. The molecule has 0 saturated carbocycles. The second kappa shape index (κ2) is 13.3. The van der Waals surface area contributed by atoms with E-state index in [-0.39, 0.29) is 24.3 Å². The molecule has 3 amide bonds. The van der Waals surface area contributed by atoms with E-state index in [2.05, 4.69) is 21.1 Å². The smallest absolute Gasteiger partial charge is 0.251 e. The van der Waals surface area contributed by atoms with Crippen LogP contribution in [-0.2, 0) is 19.8 Å². The number of carbonyl (C=O) groups is 3. The Morgan fingerprint density at radius 3 is 2.08 bits per heavy atom. The number of carbonyl (C=O) groups excluding carboxylic acids is 3. The molecule has 9 nitrogen and oxygen atoms in total. The lowest BCUT2D eigenvalue weighted by Gasteiger charge is -2.38. The standard InChI is InChI=1S/C30H42N6O3/c1-20(26(37)33-22-14-16-23(35-31)17-15-22)18-19-36(8)28(39)25(29(2,3)4)34-27(38)24(32-7)30(5,6)21-12-10-9-11-13-21/h9-18,24-25,31-32H,19H2,1-8H3,(H,33,37)(H,34,38)/b20-18+,35-31?/t24-,25?/m1/s1. The number of nitrogens with one attached hydrogen (secondary N) is 4. The van der Waals surface area contributed by atoms with Gasteiger partial charge >= 0.3 is 0 Å². The third kappa shape index (κ3) is 8.32. The molecule has 0 fully saturated rings. The number of likely N-dealkylation sites (N-methyl/N-ethyl adjacent to an activating group) is 2. The maximum absolute atomic E-state index is 13.5. The molecule has 2 aromatic carbocycles. The molecule has 0 bridgehead atoms. The first-order valence-electron chi connectivity index (χ1n) is 13.0. The summed E-state index contributed by atoms with van der Waals surface area (Å²) in [5, 5.41) is 12.3. The van der Waals surface area contributed by atoms with E-state index >= 15 is 0 Å². The molecular weight excluding hydrogens is 492 g/mol. The Labute approximate surface area is 231 Å². The SMILES string of the molecule is CN[C@H](C(=O)NC(C(=O)N(C)C/C=C(\C)C(=O)Nc1ccc(N=N)cc1)C(C)(C)C)C(C)(C)c1ccccc1. The van der Waals surface area contributed by atoms with Gasteiger partial charge in [-0.05, 0) is 49.2 Å². The van der Waals surface area contributed by atoms with Crippen LogP contribution >= 0.6 is 0 Å². The molecule has 2 atom stereocenters. The predicted octanol–water partition coefficient (Wildman–Crippen LogP) is 4.79. The second-order valence-corrected chi connectivity index (χ2v) is 11.3. The van der Waals surface area contributed by atoms with E-state index in [1.165, 1.54) is 4.90 Å². The second-order valence-electron chi connectivity index (χ2n) is 11.3. The Balaban J connectivity index is 2.12. The highest BCUT2D eigenvalue weighted by Gasteiger charge is 2.40. The van der Waals surface area contributed by atoms with Crippen LogP contribution in [0.25, 0.3) is 0 Å². The third-order valence-electron chi connectivity index (χ3n) is 6.85. The molecule has 9 heteroatoms. The molecule has 0 saturated heterocycles. The summed E-state index contributed by atoms with van der Waals surface area (Å²) >= 11 is 0. The zero-order chi connectivity index (χ0) is 29.4. The highest BCUT2D eigenvalue weighted by molar-refractivity contribution is 6.03. The topological polar surface area (TPSA) is 127 Å². The average Bonchev–Trinajstić information content (AvgIpc) is 2.90. The number of anilines is 1. The van der Waals surface area contributed by atoms with Crippen molar-refractivity contribution in [3.8, 4) is 0 Å². The molecule has 0 aromatic heterocycles. The summed E-state index contributed by atoms with van der Waals surface area (Å²) in [6.07, 6.45) is 1.68. The molecule has 1 unspecified atom stereocenters. The van der Waals surface area contributed by atoms with Gasteiger partial charge in [0.1, 0.15) is 6.04 Å². The monoisotopic (exact) mass is 534 g/mol. The van der Waals surface area contributed by atoms with Crippen LogP contribution in [0.3, 0.4) is 0 Å². The molecular formula is C30H42N6O3. The quantitative estimate of drug-likeness (QED) is 0.244. The zero-order valence-electron chi connectivity index (χ0n) is 24.3. The largest absolute Gasteiger partial charge is 0.342 e. The number of nitrogens with zero attached hydrogens (tertiary/aromatic N) is 2. The van der Waals surface area contributed by atoms with Crippen LogP contribution in [0.5, 0.6) is 0 Å². The van der Waals surface area contributed by atoms with Crippen LogP contribution in [0.1, 0.15) is 47.1 Å². The average molecular weight is 535 g/mol. The van der Waals surface area contributed by atoms with E-state index in [0.717, 1.165) is 5.56 Å². The molecule has 0 heterocycles. The van der Waals surface area contributed by atoms with Gasteiger partial charge < -0.3 is 20.9 Å². The summed E-state index contributed by atoms with van der Waals surface area (Å²) in [6, 6.07) is 15.1. The van der Waals surface area contributed by atoms with Crippen molar-refractivity contribution in [3.63, 3.8) is 0 Å². The number of hydrogen-bond acceptors (Lipinski definition) is 6. The van der Waals surface area contributed by atoms with E-state index < -0.39 is 22.9 Å². The molecule has 0 radical (unpaired) electrons. The van der Waals surface area contributed by atoms with Gasteiger partial charge in [0, 0.05) is 30.3 Å². The van der Waals surface area contributed by atoms with Gasteiger partial charge in [0.05, 0.1) is 11.7 Å². The van der Waals surface area contributed by atoms with Crippen molar-refractivity contribution in [3.05, 3.63) is 71.8 Å². The highest BCUT2D eigenvalue weighted by Crippen LogP contribution is 2.28. The van der Waals surface area contributed by atoms with Crippen LogP contribution in [0.2, 0.25) is 0 Å². The van der Waals surface area contributed by atoms with Crippen molar-refractivity contribution in [2.45, 2.75) is 59.0 Å². The first-order chi connectivity index (χ1) is 18.2. The van der Waals surface area contributed by atoms with E-state index in [0.29, 0.717) is 16.9 Å². The van der Waals surface area contributed by atoms with Crippen molar-refractivity contribution < 1.29 is 14.4 Å². The lowest BCUT2D eigenvalue weighted by molar-refractivity contribution is -0.139. The molecule has 0 aliphatic rings. The van der Waals surface area contributed by atoms with E-state index in [1.807, 2.05) is 65.0 Å². The molecule has 2 aromatic rings. The van der Waals surface area contributed by atoms with E-state index in [4.69, 9.17) is 5.53 Å². The minimum Gasteiger partial charge on any atom is -0.342 e. The van der Waals surface area contributed by atoms with E-state index in [9.17, 15) is 14.4 Å². The molecule has 4 N–H and O–H groups in total. The summed E-state index contributed by atoms with van der Waals surface area (Å²) in [5.74, 6) is -0.808. The predicted molar refractivity (Wildman–Crippen MR) is 155 cm³/mol. The zero-order valence-corrected chi connectivity index (χ0v) is 24.3. The van der Waals surface area contributed by atoms with Crippen LogP contribution < -0.4 is 16.0 Å². The minimum absolute atomic E-state index is 0.197. The molecule has 0 aliphatic heterocycles. The van der Waals surface area contributed by atoms with Gasteiger partial charge in [0.15, 0.2) is 0 Å². The van der Waals surface area contributed by atoms with Crippen molar-refractivity contribution in [1.29, 1.82) is 5.53 Å². The lowest BCUT2D eigenvalue weighted by Crippen LogP contribution is -2.60. The number of hydrogen-bond donors (Lipinski definition) is 4. The molecule has 0 aliphatic carbocycles. The Morgan fingerprint density at radius 2 is 1.56 bits per heavy atom. The highest BCUT2D eigenvalue weighted by atomic mass is 16.2. The maximum Gasteiger partial charge on any atom is 0.251 e. The van der Waals surface area contributed by atoms with Crippen molar-refractivity contribution in [2.24, 2.45) is 10.5 Å². The van der Waals surface area contributed by atoms with Gasteiger partial charge in [-0.15, -0.1) is 0 Å². The van der Waals surface area contributed by atoms with Crippen LogP contribution in [-0.4, -0.2) is 55.3 Å². The molecule has 2 rings (SSSR count). The van der Waals surface area contributed by atoms with Gasteiger partial charge in [-0.25, -0.2) is 5.53 Å². The van der Waals surface area contributed by atoms with Gasteiger partial charge in [-0.1, -0.05) is 71.0 Å². The van der Waals surface area contributed by atoms with Crippen molar-refractivity contribution in [1.82, 2.24) is 15.5 Å². The van der Waals surface area contributed by atoms with Crippen molar-refractivity contribution in [2.75, 3.05) is 26.0 Å². The van der Waals surface area contributed by atoms with Gasteiger partial charge in [-0.3, -0.25) is 14.4 Å². The van der Waals surface area contributed by atoms with Crippen LogP contribution in [0.4, 0.5) is 11.4 Å². The van der Waals surface area contributed by atoms with Crippen LogP contribution in [0, 0.1) is 10.9 Å². The Morgan fingerprint density at radius 1 is 0.974 bits per heavy atom. The summed E-state index contributed by atoms with van der Waals surface area (Å²) in [6.45, 7) is 11.6. The fourth-order valence-electron chi connectivity index (χ4n) is 4.25. The Kier molecular flexibility index (Phi) is 10.7. The number of amides is 3. The summed E-state index contributed by atoms with van der Waals surface area (Å²) in [5.41, 5.74) is 8.47. The lowest BCUT2D eigenvalue weighted by atomic mass is 9.76. The minimum atomic E-state index is -0.777. The van der Waals surface area contributed by atoms with Gasteiger partial charge in [-0.2, -0.15) is 5.11 Å². The summed E-state index contributed by atoms with van der Waals surface area (Å²) < 4.78 is 0. The van der Waals surface area contributed by atoms with Crippen LogP contribution in [0.15, 0.2) is 71.4 Å². The molecule has 0 spiro atoms. The summed E-state index contributed by atoms with van der Waals surface area (Å²) in [4.78, 5) is 41.2. The number of benzene rings is 2. The molecule has 210 valence electrons. The fraction of sp³-hybridized carbons (Fsp3) is 0.433. The normalized spacial score (nSPS) is 13.7. The van der Waals surface area contributed by atoms with E-state index in [1.54, 1.807) is 51.4 Å². The Hall–Kier alpha value is -3.85. The van der Waals surface area contributed by atoms with Crippen molar-refractivity contribution >= 4 is 29.1 Å². The number of rotatable bonds is 11. The summed E-state index contributed by atoms with van der Waals surface area (Å²) in [7, 11) is 3.40. The van der Waals surface area contributed by atoms with Gasteiger partial charge in [0.25, 0.3) is 5.91 Å². The van der Waals surface area contributed by atoms with Gasteiger partial charge in [0.2, 0.25) is 11.8 Å². The fourth-order valence-corrected chi connectivity index (χ4v) is 4.25. The molecule has 39 heavy (non-hydrogen) atoms. The Bertz CT molecular complexity index is 1180.